The van der Waals surface area contributed by atoms with Crippen LogP contribution in [0.1, 0.15) is 24.8 Å². The first-order valence-electron chi connectivity index (χ1n) is 5.55. The molecule has 1 heterocycles. The molecule has 1 rings (SSSR count). The fraction of sp³-hybridized carbons (Fsp3) is 0.636. The second-order valence-corrected chi connectivity index (χ2v) is 4.02. The average molecular weight is 224 g/mol. The minimum Gasteiger partial charge on any atom is -0.341 e. The SMILES string of the molecule is CN(Cc1cnn(C)c1)C(=O)CCCCN. The van der Waals surface area contributed by atoms with Crippen LogP contribution in [0, 0.1) is 0 Å². The third kappa shape index (κ3) is 4.02. The van der Waals surface area contributed by atoms with Gasteiger partial charge in [0.05, 0.1) is 6.20 Å². The highest BCUT2D eigenvalue weighted by Crippen LogP contribution is 2.04. The van der Waals surface area contributed by atoms with Crippen LogP contribution in [0.15, 0.2) is 12.4 Å². The number of hydrogen-bond acceptors (Lipinski definition) is 3. The topological polar surface area (TPSA) is 64.2 Å². The molecule has 5 nitrogen and oxygen atoms in total. The molecule has 0 fully saturated rings. The lowest BCUT2D eigenvalue weighted by atomic mass is 10.2. The third-order valence-electron chi connectivity index (χ3n) is 2.45. The van der Waals surface area contributed by atoms with Crippen molar-refractivity contribution < 1.29 is 4.79 Å². The van der Waals surface area contributed by atoms with Crippen LogP contribution in [0.25, 0.3) is 0 Å². The van der Waals surface area contributed by atoms with E-state index in [4.69, 9.17) is 5.73 Å². The van der Waals surface area contributed by atoms with Gasteiger partial charge in [-0.05, 0) is 19.4 Å². The number of nitrogens with two attached hydrogens (primary N) is 1. The largest absolute Gasteiger partial charge is 0.341 e. The van der Waals surface area contributed by atoms with E-state index in [1.54, 1.807) is 15.8 Å². The summed E-state index contributed by atoms with van der Waals surface area (Å²) in [6.07, 6.45) is 6.06. The maximum absolute atomic E-state index is 11.7. The summed E-state index contributed by atoms with van der Waals surface area (Å²) in [4.78, 5) is 13.4. The molecule has 1 aromatic rings. The fourth-order valence-corrected chi connectivity index (χ4v) is 1.53. The Bertz CT molecular complexity index is 334. The van der Waals surface area contributed by atoms with Crippen LogP contribution in [-0.4, -0.2) is 34.2 Å². The normalized spacial score (nSPS) is 10.4. The first-order valence-corrected chi connectivity index (χ1v) is 5.55. The van der Waals surface area contributed by atoms with Crippen LogP contribution in [-0.2, 0) is 18.4 Å². The van der Waals surface area contributed by atoms with Crippen LogP contribution in [0.2, 0.25) is 0 Å². The Labute approximate surface area is 96.2 Å². The molecule has 1 aromatic heterocycles. The number of nitrogens with zero attached hydrogens (tertiary/aromatic N) is 3. The van der Waals surface area contributed by atoms with Crippen LogP contribution in [0.5, 0.6) is 0 Å². The van der Waals surface area contributed by atoms with Gasteiger partial charge < -0.3 is 10.6 Å². The molecule has 0 spiro atoms. The van der Waals surface area contributed by atoms with Gasteiger partial charge in [0.1, 0.15) is 0 Å². The molecule has 0 aliphatic rings. The van der Waals surface area contributed by atoms with Gasteiger partial charge in [0.15, 0.2) is 0 Å². The molecule has 0 aliphatic heterocycles. The molecule has 0 radical (unpaired) electrons. The van der Waals surface area contributed by atoms with Gasteiger partial charge in [-0.2, -0.15) is 5.10 Å². The highest BCUT2D eigenvalue weighted by molar-refractivity contribution is 5.75. The first-order chi connectivity index (χ1) is 7.63. The van der Waals surface area contributed by atoms with Crippen molar-refractivity contribution in [2.75, 3.05) is 13.6 Å². The molecule has 0 aromatic carbocycles. The molecule has 0 saturated heterocycles. The highest BCUT2D eigenvalue weighted by Gasteiger charge is 2.09. The van der Waals surface area contributed by atoms with Crippen molar-refractivity contribution in [3.63, 3.8) is 0 Å². The molecule has 0 bridgehead atoms. The summed E-state index contributed by atoms with van der Waals surface area (Å²) in [5.74, 6) is 0.164. The van der Waals surface area contributed by atoms with Gasteiger partial charge in [-0.15, -0.1) is 0 Å². The first kappa shape index (κ1) is 12.7. The van der Waals surface area contributed by atoms with E-state index in [1.807, 2.05) is 20.3 Å². The Kier molecular flexibility index (Phi) is 4.98. The van der Waals surface area contributed by atoms with E-state index in [1.165, 1.54) is 0 Å². The fourth-order valence-electron chi connectivity index (χ4n) is 1.53. The summed E-state index contributed by atoms with van der Waals surface area (Å²) < 4.78 is 1.74. The van der Waals surface area contributed by atoms with E-state index in [0.29, 0.717) is 19.5 Å². The number of carbonyl (C=O) groups is 1. The van der Waals surface area contributed by atoms with Crippen LogP contribution >= 0.6 is 0 Å². The predicted molar refractivity (Wildman–Crippen MR) is 62.6 cm³/mol. The molecular formula is C11H20N4O. The quantitative estimate of drug-likeness (QED) is 0.716. The number of hydrogen-bond donors (Lipinski definition) is 1. The standard InChI is InChI=1S/C11H20N4O/c1-14(11(16)5-3-4-6-12)8-10-7-13-15(2)9-10/h7,9H,3-6,8,12H2,1-2H3. The number of carbonyl (C=O) groups excluding carboxylic acids is 1. The summed E-state index contributed by atoms with van der Waals surface area (Å²) >= 11 is 0. The molecular weight excluding hydrogens is 204 g/mol. The maximum atomic E-state index is 11.7. The zero-order chi connectivity index (χ0) is 12.0. The lowest BCUT2D eigenvalue weighted by Crippen LogP contribution is -2.25. The van der Waals surface area contributed by atoms with E-state index in [-0.39, 0.29) is 5.91 Å². The van der Waals surface area contributed by atoms with E-state index in [2.05, 4.69) is 5.10 Å². The van der Waals surface area contributed by atoms with E-state index in [0.717, 1.165) is 18.4 Å². The van der Waals surface area contributed by atoms with Crippen LogP contribution in [0.4, 0.5) is 0 Å². The summed E-state index contributed by atoms with van der Waals surface area (Å²) in [7, 11) is 3.68. The number of amides is 1. The molecule has 5 heteroatoms. The maximum Gasteiger partial charge on any atom is 0.222 e. The summed E-state index contributed by atoms with van der Waals surface area (Å²) in [6, 6.07) is 0. The smallest absolute Gasteiger partial charge is 0.222 e. The summed E-state index contributed by atoms with van der Waals surface area (Å²) in [5, 5.41) is 4.07. The lowest BCUT2D eigenvalue weighted by Gasteiger charge is -2.15. The Morgan fingerprint density at radius 2 is 2.31 bits per heavy atom. The van der Waals surface area contributed by atoms with Gasteiger partial charge in [-0.1, -0.05) is 0 Å². The second kappa shape index (κ2) is 6.27. The molecule has 0 saturated carbocycles. The number of aromatic nitrogens is 2. The van der Waals surface area contributed by atoms with Crippen molar-refractivity contribution in [1.82, 2.24) is 14.7 Å². The molecule has 90 valence electrons. The van der Waals surface area contributed by atoms with Gasteiger partial charge in [-0.25, -0.2) is 0 Å². The van der Waals surface area contributed by atoms with E-state index in [9.17, 15) is 4.79 Å². The summed E-state index contributed by atoms with van der Waals surface area (Å²) in [6.45, 7) is 1.27. The molecule has 0 unspecified atom stereocenters. The molecule has 16 heavy (non-hydrogen) atoms. The van der Waals surface area contributed by atoms with Crippen molar-refractivity contribution in [2.45, 2.75) is 25.8 Å². The van der Waals surface area contributed by atoms with Crippen LogP contribution in [0.3, 0.4) is 0 Å². The van der Waals surface area contributed by atoms with Crippen molar-refractivity contribution in [3.8, 4) is 0 Å². The number of unbranched alkanes of at least 4 members (excludes halogenated alkanes) is 1. The monoisotopic (exact) mass is 224 g/mol. The number of aryl methyl sites for hydroxylation is 1. The van der Waals surface area contributed by atoms with Gasteiger partial charge in [0, 0.05) is 38.8 Å². The van der Waals surface area contributed by atoms with Gasteiger partial charge >= 0.3 is 0 Å². The number of rotatable bonds is 6. The minimum atomic E-state index is 0.164. The molecule has 2 N–H and O–H groups in total. The van der Waals surface area contributed by atoms with Crippen LogP contribution < -0.4 is 5.73 Å². The zero-order valence-corrected chi connectivity index (χ0v) is 10.0. The highest BCUT2D eigenvalue weighted by atomic mass is 16.2. The average Bonchev–Trinajstić information content (AvgIpc) is 2.64. The van der Waals surface area contributed by atoms with Crippen molar-refractivity contribution in [3.05, 3.63) is 18.0 Å². The van der Waals surface area contributed by atoms with E-state index < -0.39 is 0 Å². The van der Waals surface area contributed by atoms with E-state index >= 15 is 0 Å². The van der Waals surface area contributed by atoms with Gasteiger partial charge in [-0.3, -0.25) is 9.48 Å². The minimum absolute atomic E-state index is 0.164. The zero-order valence-electron chi connectivity index (χ0n) is 10.0. The predicted octanol–water partition coefficient (Wildman–Crippen LogP) is 0.508. The molecule has 1 amide bonds. The van der Waals surface area contributed by atoms with Gasteiger partial charge in [0.25, 0.3) is 0 Å². The summed E-state index contributed by atoms with van der Waals surface area (Å²) in [5.41, 5.74) is 6.43. The van der Waals surface area contributed by atoms with Gasteiger partial charge in [0.2, 0.25) is 5.91 Å². The molecule has 0 atom stereocenters. The Morgan fingerprint density at radius 3 is 2.88 bits per heavy atom. The lowest BCUT2D eigenvalue weighted by molar-refractivity contribution is -0.130. The third-order valence-corrected chi connectivity index (χ3v) is 2.45. The van der Waals surface area contributed by atoms with Crippen molar-refractivity contribution in [1.29, 1.82) is 0 Å². The van der Waals surface area contributed by atoms with Crippen molar-refractivity contribution in [2.24, 2.45) is 12.8 Å². The Balaban J connectivity index is 2.34. The Morgan fingerprint density at radius 1 is 1.56 bits per heavy atom. The van der Waals surface area contributed by atoms with Crippen molar-refractivity contribution >= 4 is 5.91 Å². The molecule has 0 aliphatic carbocycles. The Hall–Kier alpha value is -1.36. The second-order valence-electron chi connectivity index (χ2n) is 4.02.